The standard InChI is InChI=1S/C21H20N2O4.H2S2/c1-15-7-3-4-8-16(15)12-13-20(24)27-19-11-5-10-18(22-19)23-14-6-9-17(23)21(25)26-2;1-2/h3-5,7-8,10-11,17H,6,9,14H2,1-2H3;1-2H. The molecule has 1 saturated heterocycles. The fraction of sp³-hybridized carbons (Fsp3) is 0.286. The van der Waals surface area contributed by atoms with E-state index in [0.717, 1.165) is 17.5 Å². The Hall–Kier alpha value is -2.63. The van der Waals surface area contributed by atoms with E-state index in [1.807, 2.05) is 36.1 Å². The summed E-state index contributed by atoms with van der Waals surface area (Å²) in [6, 6.07) is 12.3. The third kappa shape index (κ3) is 6.17. The molecule has 1 unspecified atom stereocenters. The minimum atomic E-state index is -0.686. The Morgan fingerprint density at radius 2 is 1.93 bits per heavy atom. The third-order valence-electron chi connectivity index (χ3n) is 4.37. The molecule has 0 spiro atoms. The van der Waals surface area contributed by atoms with E-state index >= 15 is 0 Å². The van der Waals surface area contributed by atoms with Crippen molar-refractivity contribution < 1.29 is 19.1 Å². The van der Waals surface area contributed by atoms with Crippen molar-refractivity contribution in [2.75, 3.05) is 18.6 Å². The molecule has 152 valence electrons. The Balaban J connectivity index is 0.00000145. The van der Waals surface area contributed by atoms with E-state index in [1.165, 1.54) is 7.11 Å². The van der Waals surface area contributed by atoms with Crippen LogP contribution in [0.25, 0.3) is 0 Å². The Labute approximate surface area is 180 Å². The van der Waals surface area contributed by atoms with Crippen molar-refractivity contribution in [2.24, 2.45) is 0 Å². The maximum absolute atomic E-state index is 12.0. The molecule has 2 heterocycles. The van der Waals surface area contributed by atoms with E-state index in [-0.39, 0.29) is 17.9 Å². The highest BCUT2D eigenvalue weighted by molar-refractivity contribution is 8.59. The van der Waals surface area contributed by atoms with Gasteiger partial charge in [-0.1, -0.05) is 30.2 Å². The van der Waals surface area contributed by atoms with Crippen LogP contribution in [-0.4, -0.2) is 36.6 Å². The normalized spacial score (nSPS) is 14.8. The second-order valence-electron chi connectivity index (χ2n) is 6.16. The molecule has 3 rings (SSSR count). The summed E-state index contributed by atoms with van der Waals surface area (Å²) >= 11 is 6.44. The second-order valence-corrected chi connectivity index (χ2v) is 6.16. The highest BCUT2D eigenvalue weighted by Gasteiger charge is 2.32. The number of methoxy groups -OCH3 is 1. The number of ether oxygens (including phenoxy) is 2. The lowest BCUT2D eigenvalue weighted by Gasteiger charge is -2.23. The molecule has 1 aromatic carbocycles. The maximum Gasteiger partial charge on any atom is 0.391 e. The average Bonchev–Trinajstić information content (AvgIpc) is 3.24. The van der Waals surface area contributed by atoms with Crippen molar-refractivity contribution in [1.29, 1.82) is 0 Å². The molecule has 0 amide bonds. The molecular formula is C21H22N2O4S2. The molecule has 29 heavy (non-hydrogen) atoms. The van der Waals surface area contributed by atoms with E-state index in [1.54, 1.807) is 18.2 Å². The predicted molar refractivity (Wildman–Crippen MR) is 118 cm³/mol. The van der Waals surface area contributed by atoms with Crippen LogP contribution in [0.3, 0.4) is 0 Å². The number of rotatable bonds is 3. The molecule has 1 aliphatic heterocycles. The fourth-order valence-electron chi connectivity index (χ4n) is 2.99. The van der Waals surface area contributed by atoms with Gasteiger partial charge in [-0.15, -0.1) is 23.3 Å². The number of aromatic nitrogens is 1. The molecule has 1 atom stereocenters. The number of esters is 2. The highest BCUT2D eigenvalue weighted by Crippen LogP contribution is 2.26. The SMILES string of the molecule is COC(=O)C1CCCN1c1cccc(OC(=O)C#Cc2ccccc2C)n1.SS. The number of hydrogen-bond donors (Lipinski definition) is 2. The molecule has 1 fully saturated rings. The third-order valence-corrected chi connectivity index (χ3v) is 4.37. The number of aryl methyl sites for hydroxylation is 1. The van der Waals surface area contributed by atoms with Gasteiger partial charge in [-0.3, -0.25) is 0 Å². The van der Waals surface area contributed by atoms with Crippen molar-refractivity contribution >= 4 is 41.1 Å². The van der Waals surface area contributed by atoms with Crippen LogP contribution >= 0.6 is 23.3 Å². The summed E-state index contributed by atoms with van der Waals surface area (Å²) in [5, 5.41) is 0. The lowest BCUT2D eigenvalue weighted by atomic mass is 10.1. The Bertz CT molecular complexity index is 924. The summed E-state index contributed by atoms with van der Waals surface area (Å²) < 4.78 is 10.1. The van der Waals surface area contributed by atoms with Gasteiger partial charge in [0, 0.05) is 24.1 Å². The van der Waals surface area contributed by atoms with Gasteiger partial charge in [-0.2, -0.15) is 4.98 Å². The molecular weight excluding hydrogens is 408 g/mol. The number of benzene rings is 1. The number of carbonyl (C=O) groups excluding carboxylic acids is 2. The zero-order chi connectivity index (χ0) is 21.2. The van der Waals surface area contributed by atoms with Crippen molar-refractivity contribution in [3.63, 3.8) is 0 Å². The van der Waals surface area contributed by atoms with Crippen molar-refractivity contribution in [3.8, 4) is 17.7 Å². The molecule has 0 N–H and O–H groups in total. The Morgan fingerprint density at radius 3 is 2.66 bits per heavy atom. The van der Waals surface area contributed by atoms with Crippen molar-refractivity contribution in [2.45, 2.75) is 25.8 Å². The van der Waals surface area contributed by atoms with Gasteiger partial charge in [0.1, 0.15) is 11.9 Å². The highest BCUT2D eigenvalue weighted by atomic mass is 33.1. The van der Waals surface area contributed by atoms with E-state index in [0.29, 0.717) is 18.8 Å². The largest absolute Gasteiger partial charge is 0.467 e. The molecule has 0 saturated carbocycles. The monoisotopic (exact) mass is 430 g/mol. The quantitative estimate of drug-likeness (QED) is 0.337. The van der Waals surface area contributed by atoms with Gasteiger partial charge in [0.15, 0.2) is 0 Å². The smallest absolute Gasteiger partial charge is 0.391 e. The van der Waals surface area contributed by atoms with Crippen LogP contribution in [0.15, 0.2) is 42.5 Å². The van der Waals surface area contributed by atoms with Crippen molar-refractivity contribution in [1.82, 2.24) is 4.98 Å². The molecule has 0 bridgehead atoms. The van der Waals surface area contributed by atoms with E-state index in [9.17, 15) is 9.59 Å². The van der Waals surface area contributed by atoms with Crippen LogP contribution in [0, 0.1) is 18.8 Å². The molecule has 8 heteroatoms. The molecule has 0 aliphatic carbocycles. The van der Waals surface area contributed by atoms with Gasteiger partial charge in [-0.05, 0) is 37.5 Å². The Kier molecular flexibility index (Phi) is 8.90. The Morgan fingerprint density at radius 1 is 1.17 bits per heavy atom. The number of carbonyl (C=O) groups is 2. The molecule has 6 nitrogen and oxygen atoms in total. The van der Waals surface area contributed by atoms with Crippen LogP contribution in [0.1, 0.15) is 24.0 Å². The second kappa shape index (κ2) is 11.4. The number of pyridine rings is 1. The van der Waals surface area contributed by atoms with Gasteiger partial charge in [-0.25, -0.2) is 9.59 Å². The zero-order valence-corrected chi connectivity index (χ0v) is 18.0. The average molecular weight is 431 g/mol. The minimum Gasteiger partial charge on any atom is -0.467 e. The van der Waals surface area contributed by atoms with Gasteiger partial charge >= 0.3 is 11.9 Å². The molecule has 1 aromatic heterocycles. The lowest BCUT2D eigenvalue weighted by Crippen LogP contribution is -2.37. The summed E-state index contributed by atoms with van der Waals surface area (Å²) in [5.41, 5.74) is 1.76. The fourth-order valence-corrected chi connectivity index (χ4v) is 2.99. The summed E-state index contributed by atoms with van der Waals surface area (Å²) in [5.74, 6) is 5.02. The van der Waals surface area contributed by atoms with Crippen LogP contribution in [-0.2, 0) is 14.3 Å². The van der Waals surface area contributed by atoms with Crippen LogP contribution in [0.4, 0.5) is 5.82 Å². The van der Waals surface area contributed by atoms with E-state index < -0.39 is 5.97 Å². The van der Waals surface area contributed by atoms with Gasteiger partial charge in [0.25, 0.3) is 0 Å². The summed E-state index contributed by atoms with van der Waals surface area (Å²) in [6.45, 7) is 2.62. The van der Waals surface area contributed by atoms with Crippen LogP contribution in [0.2, 0.25) is 0 Å². The molecule has 1 aliphatic rings. The van der Waals surface area contributed by atoms with Crippen LogP contribution in [0.5, 0.6) is 5.88 Å². The molecule has 0 radical (unpaired) electrons. The topological polar surface area (TPSA) is 68.7 Å². The summed E-state index contributed by atoms with van der Waals surface area (Å²) in [7, 11) is 1.37. The number of anilines is 1. The first kappa shape index (κ1) is 22.7. The first-order valence-corrected chi connectivity index (χ1v) is 10.5. The van der Waals surface area contributed by atoms with Gasteiger partial charge in [0.05, 0.1) is 7.11 Å². The van der Waals surface area contributed by atoms with Crippen LogP contribution < -0.4 is 9.64 Å². The zero-order valence-electron chi connectivity index (χ0n) is 16.2. The first-order valence-electron chi connectivity index (χ1n) is 8.89. The first-order chi connectivity index (χ1) is 14.1. The number of thiol groups is 2. The number of nitrogens with zero attached hydrogens (tertiary/aromatic N) is 2. The predicted octanol–water partition coefficient (Wildman–Crippen LogP) is 3.25. The molecule has 2 aromatic rings. The summed E-state index contributed by atoms with van der Waals surface area (Å²) in [6.07, 6.45) is 1.58. The minimum absolute atomic E-state index is 0.145. The van der Waals surface area contributed by atoms with Gasteiger partial charge < -0.3 is 14.4 Å². The van der Waals surface area contributed by atoms with E-state index in [4.69, 9.17) is 9.47 Å². The summed E-state index contributed by atoms with van der Waals surface area (Å²) in [4.78, 5) is 30.1. The lowest BCUT2D eigenvalue weighted by molar-refractivity contribution is -0.142. The number of hydrogen-bond acceptors (Lipinski definition) is 8. The van der Waals surface area contributed by atoms with Gasteiger partial charge in [0.2, 0.25) is 5.88 Å². The van der Waals surface area contributed by atoms with E-state index in [2.05, 4.69) is 40.1 Å². The van der Waals surface area contributed by atoms with Crippen molar-refractivity contribution in [3.05, 3.63) is 53.6 Å². The maximum atomic E-state index is 12.0.